The molecule has 142 valence electrons. The summed E-state index contributed by atoms with van der Waals surface area (Å²) in [5.74, 6) is 0.544. The lowest BCUT2D eigenvalue weighted by Crippen LogP contribution is -2.27. The van der Waals surface area contributed by atoms with Crippen molar-refractivity contribution in [3.8, 4) is 5.75 Å². The molecule has 0 aliphatic carbocycles. The van der Waals surface area contributed by atoms with E-state index >= 15 is 0 Å². The Kier molecular flexibility index (Phi) is 11.8. The molecule has 0 aliphatic rings. The molecule has 0 aromatic heterocycles. The molecule has 4 nitrogen and oxygen atoms in total. The Morgan fingerprint density at radius 3 is 2.16 bits per heavy atom. The minimum Gasteiger partial charge on any atom is -0.494 e. The van der Waals surface area contributed by atoms with Gasteiger partial charge in [-0.05, 0) is 43.8 Å². The number of carbonyl (C=O) groups excluding carboxylic acids is 1. The van der Waals surface area contributed by atoms with Gasteiger partial charge in [0, 0.05) is 6.54 Å². The highest BCUT2D eigenvalue weighted by atomic mass is 16.5. The van der Waals surface area contributed by atoms with Gasteiger partial charge in [-0.1, -0.05) is 52.9 Å². The van der Waals surface area contributed by atoms with Crippen molar-refractivity contribution in [3.05, 3.63) is 29.8 Å². The molecule has 0 amide bonds. The average molecular weight is 350 g/mol. The van der Waals surface area contributed by atoms with Crippen LogP contribution >= 0.6 is 0 Å². The molecule has 0 atom stereocenters. The molecular formula is C21H35NO3. The van der Waals surface area contributed by atoms with Crippen LogP contribution in [0.4, 0.5) is 0 Å². The molecule has 4 heteroatoms. The number of rotatable bonds is 14. The van der Waals surface area contributed by atoms with Crippen molar-refractivity contribution in [2.24, 2.45) is 0 Å². The molecule has 0 fully saturated rings. The Balaban J connectivity index is 2.22. The van der Waals surface area contributed by atoms with Crippen LogP contribution < -0.4 is 4.74 Å². The fourth-order valence-corrected chi connectivity index (χ4v) is 2.65. The molecule has 1 aromatic rings. The van der Waals surface area contributed by atoms with Crippen LogP contribution in [0.15, 0.2) is 24.3 Å². The number of unbranched alkanes of at least 4 members (excludes halogenated alkanes) is 5. The molecule has 0 radical (unpaired) electrons. The van der Waals surface area contributed by atoms with Gasteiger partial charge in [-0.2, -0.15) is 0 Å². The van der Waals surface area contributed by atoms with Crippen LogP contribution in [0, 0.1) is 0 Å². The molecule has 25 heavy (non-hydrogen) atoms. The minimum atomic E-state index is -0.269. The second kappa shape index (κ2) is 13.7. The van der Waals surface area contributed by atoms with E-state index in [1.54, 1.807) is 12.1 Å². The van der Waals surface area contributed by atoms with Gasteiger partial charge in [0.1, 0.15) is 12.4 Å². The molecule has 1 aromatic carbocycles. The van der Waals surface area contributed by atoms with Gasteiger partial charge in [-0.3, -0.25) is 0 Å². The van der Waals surface area contributed by atoms with Crippen LogP contribution in [0.1, 0.15) is 69.7 Å². The number of hydrogen-bond donors (Lipinski definition) is 0. The first-order valence-corrected chi connectivity index (χ1v) is 9.83. The highest BCUT2D eigenvalue weighted by molar-refractivity contribution is 5.89. The molecule has 0 saturated heterocycles. The van der Waals surface area contributed by atoms with E-state index < -0.39 is 0 Å². The van der Waals surface area contributed by atoms with Gasteiger partial charge in [0.2, 0.25) is 0 Å². The average Bonchev–Trinajstić information content (AvgIpc) is 2.65. The van der Waals surface area contributed by atoms with Crippen LogP contribution in [-0.2, 0) is 4.74 Å². The second-order valence-electron chi connectivity index (χ2n) is 6.30. The third kappa shape index (κ3) is 9.49. The molecule has 0 saturated carbocycles. The van der Waals surface area contributed by atoms with E-state index in [9.17, 15) is 4.79 Å². The summed E-state index contributed by atoms with van der Waals surface area (Å²) in [5, 5.41) is 0. The van der Waals surface area contributed by atoms with Crippen molar-refractivity contribution in [3.63, 3.8) is 0 Å². The number of hydrogen-bond acceptors (Lipinski definition) is 4. The summed E-state index contributed by atoms with van der Waals surface area (Å²) in [5.41, 5.74) is 0.575. The Morgan fingerprint density at radius 1 is 0.880 bits per heavy atom. The SMILES string of the molecule is CCCCCCCCOc1ccc(C(=O)OCCN(CC)CC)cc1. The van der Waals surface area contributed by atoms with Crippen molar-refractivity contribution in [2.75, 3.05) is 32.8 Å². The zero-order valence-corrected chi connectivity index (χ0v) is 16.3. The number of carbonyl (C=O) groups is 1. The summed E-state index contributed by atoms with van der Waals surface area (Å²) in [4.78, 5) is 14.2. The molecule has 0 bridgehead atoms. The van der Waals surface area contributed by atoms with Crippen LogP contribution in [0.5, 0.6) is 5.75 Å². The van der Waals surface area contributed by atoms with Crippen molar-refractivity contribution in [1.82, 2.24) is 4.90 Å². The van der Waals surface area contributed by atoms with E-state index in [0.29, 0.717) is 12.2 Å². The van der Waals surface area contributed by atoms with Crippen molar-refractivity contribution < 1.29 is 14.3 Å². The van der Waals surface area contributed by atoms with Crippen LogP contribution in [-0.4, -0.2) is 43.7 Å². The second-order valence-corrected chi connectivity index (χ2v) is 6.30. The summed E-state index contributed by atoms with van der Waals surface area (Å²) in [6, 6.07) is 7.24. The first kappa shape index (κ1) is 21.5. The van der Waals surface area contributed by atoms with E-state index in [4.69, 9.17) is 9.47 Å². The number of ether oxygens (including phenoxy) is 2. The maximum absolute atomic E-state index is 12.0. The number of likely N-dealkylation sites (N-methyl/N-ethyl adjacent to an activating group) is 1. The first-order valence-electron chi connectivity index (χ1n) is 9.83. The molecule has 0 N–H and O–H groups in total. The van der Waals surface area contributed by atoms with E-state index in [1.807, 2.05) is 12.1 Å². The minimum absolute atomic E-state index is 0.269. The molecule has 1 rings (SSSR count). The van der Waals surface area contributed by atoms with Crippen molar-refractivity contribution in [2.45, 2.75) is 59.3 Å². The fraction of sp³-hybridized carbons (Fsp3) is 0.667. The van der Waals surface area contributed by atoms with Crippen molar-refractivity contribution in [1.29, 1.82) is 0 Å². The summed E-state index contributed by atoms with van der Waals surface area (Å²) in [7, 11) is 0. The Morgan fingerprint density at radius 2 is 1.52 bits per heavy atom. The summed E-state index contributed by atoms with van der Waals surface area (Å²) in [6.07, 6.45) is 7.51. The molecule has 0 aliphatic heterocycles. The van der Waals surface area contributed by atoms with E-state index in [1.165, 1.54) is 32.1 Å². The lowest BCUT2D eigenvalue weighted by molar-refractivity contribution is 0.0466. The standard InChI is InChI=1S/C21H35NO3/c1-4-7-8-9-10-11-17-24-20-14-12-19(13-15-20)21(23)25-18-16-22(5-2)6-3/h12-15H,4-11,16-18H2,1-3H3. The third-order valence-electron chi connectivity index (χ3n) is 4.39. The van der Waals surface area contributed by atoms with Gasteiger partial charge in [-0.15, -0.1) is 0 Å². The number of esters is 1. The Labute approximate surface area is 153 Å². The van der Waals surface area contributed by atoms with Crippen LogP contribution in [0.25, 0.3) is 0 Å². The topological polar surface area (TPSA) is 38.8 Å². The Bertz CT molecular complexity index is 455. The maximum Gasteiger partial charge on any atom is 0.338 e. The molecule has 0 heterocycles. The smallest absolute Gasteiger partial charge is 0.338 e. The molecule has 0 spiro atoms. The van der Waals surface area contributed by atoms with Gasteiger partial charge in [0.05, 0.1) is 12.2 Å². The fourth-order valence-electron chi connectivity index (χ4n) is 2.65. The van der Waals surface area contributed by atoms with Gasteiger partial charge < -0.3 is 14.4 Å². The lowest BCUT2D eigenvalue weighted by Gasteiger charge is -2.17. The lowest BCUT2D eigenvalue weighted by atomic mass is 10.1. The largest absolute Gasteiger partial charge is 0.494 e. The zero-order valence-electron chi connectivity index (χ0n) is 16.3. The first-order chi connectivity index (χ1) is 12.2. The highest BCUT2D eigenvalue weighted by Crippen LogP contribution is 2.14. The third-order valence-corrected chi connectivity index (χ3v) is 4.39. The van der Waals surface area contributed by atoms with Gasteiger partial charge in [0.15, 0.2) is 0 Å². The summed E-state index contributed by atoms with van der Waals surface area (Å²) >= 11 is 0. The van der Waals surface area contributed by atoms with E-state index in [0.717, 1.165) is 38.4 Å². The van der Waals surface area contributed by atoms with Gasteiger partial charge >= 0.3 is 5.97 Å². The highest BCUT2D eigenvalue weighted by Gasteiger charge is 2.08. The number of benzene rings is 1. The summed E-state index contributed by atoms with van der Waals surface area (Å²) < 4.78 is 11.1. The monoisotopic (exact) mass is 349 g/mol. The Hall–Kier alpha value is -1.55. The van der Waals surface area contributed by atoms with Crippen molar-refractivity contribution >= 4 is 5.97 Å². The molecule has 0 unspecified atom stereocenters. The number of nitrogens with zero attached hydrogens (tertiary/aromatic N) is 1. The normalized spacial score (nSPS) is 10.9. The van der Waals surface area contributed by atoms with Gasteiger partial charge in [0.25, 0.3) is 0 Å². The summed E-state index contributed by atoms with van der Waals surface area (Å²) in [6.45, 7) is 10.3. The van der Waals surface area contributed by atoms with Crippen LogP contribution in [0.2, 0.25) is 0 Å². The predicted octanol–water partition coefficient (Wildman–Crippen LogP) is 4.92. The quantitative estimate of drug-likeness (QED) is 0.353. The predicted molar refractivity (Wildman–Crippen MR) is 103 cm³/mol. The molecular weight excluding hydrogens is 314 g/mol. The van der Waals surface area contributed by atoms with E-state index in [-0.39, 0.29) is 5.97 Å². The van der Waals surface area contributed by atoms with Gasteiger partial charge in [-0.25, -0.2) is 4.79 Å². The van der Waals surface area contributed by atoms with E-state index in [2.05, 4.69) is 25.7 Å². The zero-order chi connectivity index (χ0) is 18.3. The van der Waals surface area contributed by atoms with Crippen LogP contribution in [0.3, 0.4) is 0 Å². The maximum atomic E-state index is 12.0.